The smallest absolute Gasteiger partial charge is 0.267 e. The van der Waals surface area contributed by atoms with Crippen molar-refractivity contribution in [3.8, 4) is 0 Å². The van der Waals surface area contributed by atoms with Crippen LogP contribution < -0.4 is 5.48 Å². The van der Waals surface area contributed by atoms with E-state index in [1.165, 1.54) is 11.6 Å². The van der Waals surface area contributed by atoms with Crippen molar-refractivity contribution in [1.82, 2.24) is 20.0 Å². The van der Waals surface area contributed by atoms with Gasteiger partial charge in [-0.1, -0.05) is 30.3 Å². The molecule has 1 aliphatic heterocycles. The lowest BCUT2D eigenvalue weighted by atomic mass is 9.97. The summed E-state index contributed by atoms with van der Waals surface area (Å²) >= 11 is 0. The van der Waals surface area contributed by atoms with Crippen LogP contribution >= 0.6 is 0 Å². The number of carbonyl (C=O) groups excluding carboxylic acids is 1. The highest BCUT2D eigenvalue weighted by atomic mass is 16.5. The summed E-state index contributed by atoms with van der Waals surface area (Å²) in [5, 5.41) is 23.9. The number of fused-ring (bicyclic) bond motifs is 1. The second kappa shape index (κ2) is 9.24. The number of amides is 1. The highest BCUT2D eigenvalue weighted by Crippen LogP contribution is 2.33. The van der Waals surface area contributed by atoms with E-state index in [4.69, 9.17) is 5.21 Å². The standard InChI is InChI=1S/C25H30N4O3/c1-25(2,31)24-20(22-6-3-4-16-29(22)26-24)14-17-28-15-5-7-21(28)19-11-8-18(9-12-19)10-13-23(30)27-32/h3-4,6,8-13,16,21,31-32H,5,7,14-15,17H2,1-2H3,(H,27,30)/b13-10+/t21-/m0/s1. The minimum absolute atomic E-state index is 0.348. The Kier molecular flexibility index (Phi) is 6.41. The molecule has 2 aromatic heterocycles. The molecular weight excluding hydrogens is 404 g/mol. The molecule has 1 aliphatic rings. The average Bonchev–Trinajstić information content (AvgIpc) is 3.40. The number of hydrogen-bond donors (Lipinski definition) is 3. The van der Waals surface area contributed by atoms with Crippen molar-refractivity contribution in [3.05, 3.63) is 77.1 Å². The van der Waals surface area contributed by atoms with E-state index in [1.54, 1.807) is 25.4 Å². The fraction of sp³-hybridized carbons (Fsp3) is 0.360. The van der Waals surface area contributed by atoms with Gasteiger partial charge in [-0.15, -0.1) is 0 Å². The average molecular weight is 435 g/mol. The van der Waals surface area contributed by atoms with Crippen LogP contribution in [-0.2, 0) is 16.8 Å². The monoisotopic (exact) mass is 434 g/mol. The zero-order valence-corrected chi connectivity index (χ0v) is 18.5. The summed E-state index contributed by atoms with van der Waals surface area (Å²) in [4.78, 5) is 13.7. The number of nitrogens with one attached hydrogen (secondary N) is 1. The lowest BCUT2D eigenvalue weighted by Crippen LogP contribution is -2.27. The highest BCUT2D eigenvalue weighted by molar-refractivity contribution is 5.90. The van der Waals surface area contributed by atoms with Crippen molar-refractivity contribution in [2.75, 3.05) is 13.1 Å². The van der Waals surface area contributed by atoms with Gasteiger partial charge in [-0.2, -0.15) is 5.10 Å². The molecule has 3 heterocycles. The summed E-state index contributed by atoms with van der Waals surface area (Å²) in [6.45, 7) is 5.51. The van der Waals surface area contributed by atoms with E-state index in [0.29, 0.717) is 6.04 Å². The van der Waals surface area contributed by atoms with Crippen LogP contribution in [0.3, 0.4) is 0 Å². The number of hydroxylamine groups is 1. The maximum absolute atomic E-state index is 11.2. The molecule has 3 aromatic rings. The Morgan fingerprint density at radius 3 is 2.75 bits per heavy atom. The van der Waals surface area contributed by atoms with Crippen LogP contribution in [0.25, 0.3) is 11.6 Å². The Morgan fingerprint density at radius 2 is 2.03 bits per heavy atom. The third-order valence-electron chi connectivity index (χ3n) is 6.09. The van der Waals surface area contributed by atoms with Gasteiger partial charge in [-0.05, 0) is 69.0 Å². The summed E-state index contributed by atoms with van der Waals surface area (Å²) in [6.07, 6.45) is 7.97. The molecule has 7 nitrogen and oxygen atoms in total. The van der Waals surface area contributed by atoms with Crippen LogP contribution in [0.1, 0.15) is 55.1 Å². The van der Waals surface area contributed by atoms with E-state index >= 15 is 0 Å². The molecular formula is C25H30N4O3. The van der Waals surface area contributed by atoms with Crippen LogP contribution in [0, 0.1) is 0 Å². The first kappa shape index (κ1) is 22.2. The van der Waals surface area contributed by atoms with Gasteiger partial charge < -0.3 is 5.11 Å². The van der Waals surface area contributed by atoms with Gasteiger partial charge in [-0.3, -0.25) is 14.9 Å². The molecule has 1 amide bonds. The number of nitrogens with zero attached hydrogens (tertiary/aromatic N) is 3. The maximum Gasteiger partial charge on any atom is 0.267 e. The predicted octanol–water partition coefficient (Wildman–Crippen LogP) is 3.46. The first-order valence-corrected chi connectivity index (χ1v) is 11.0. The van der Waals surface area contributed by atoms with Crippen LogP contribution in [-0.4, -0.2) is 43.8 Å². The highest BCUT2D eigenvalue weighted by Gasteiger charge is 2.29. The molecule has 32 heavy (non-hydrogen) atoms. The Balaban J connectivity index is 1.50. The predicted molar refractivity (Wildman–Crippen MR) is 123 cm³/mol. The fourth-order valence-corrected chi connectivity index (χ4v) is 4.55. The van der Waals surface area contributed by atoms with E-state index in [9.17, 15) is 9.90 Å². The van der Waals surface area contributed by atoms with E-state index in [-0.39, 0.29) is 0 Å². The molecule has 3 N–H and O–H groups in total. The third-order valence-corrected chi connectivity index (χ3v) is 6.09. The van der Waals surface area contributed by atoms with Crippen LogP contribution in [0.2, 0.25) is 0 Å². The largest absolute Gasteiger partial charge is 0.384 e. The Labute approximate surface area is 187 Å². The summed E-state index contributed by atoms with van der Waals surface area (Å²) in [5.74, 6) is -0.547. The first-order chi connectivity index (χ1) is 15.4. The molecule has 0 unspecified atom stereocenters. The lowest BCUT2D eigenvalue weighted by molar-refractivity contribution is -0.124. The van der Waals surface area contributed by atoms with E-state index in [1.807, 2.05) is 35.0 Å². The van der Waals surface area contributed by atoms with Crippen molar-refractivity contribution in [3.63, 3.8) is 0 Å². The Morgan fingerprint density at radius 1 is 1.25 bits per heavy atom. The number of rotatable bonds is 7. The molecule has 1 saturated heterocycles. The number of hydrogen-bond acceptors (Lipinski definition) is 5. The molecule has 0 bridgehead atoms. The van der Waals surface area contributed by atoms with Gasteiger partial charge in [0.1, 0.15) is 5.60 Å². The molecule has 0 aliphatic carbocycles. The van der Waals surface area contributed by atoms with Gasteiger partial charge in [0.15, 0.2) is 0 Å². The van der Waals surface area contributed by atoms with Gasteiger partial charge >= 0.3 is 0 Å². The Hall–Kier alpha value is -3.00. The number of aliphatic hydroxyl groups is 1. The number of likely N-dealkylation sites (tertiary alicyclic amines) is 1. The molecule has 7 heteroatoms. The summed E-state index contributed by atoms with van der Waals surface area (Å²) < 4.78 is 1.85. The van der Waals surface area contributed by atoms with E-state index in [0.717, 1.165) is 54.7 Å². The van der Waals surface area contributed by atoms with Gasteiger partial charge in [0.05, 0.1) is 11.2 Å². The van der Waals surface area contributed by atoms with E-state index in [2.05, 4.69) is 28.2 Å². The number of carbonyl (C=O) groups is 1. The third kappa shape index (κ3) is 4.75. The lowest BCUT2D eigenvalue weighted by Gasteiger charge is -2.25. The number of aromatic nitrogens is 2. The van der Waals surface area contributed by atoms with Gasteiger partial charge in [0, 0.05) is 30.4 Å². The second-order valence-electron chi connectivity index (χ2n) is 8.84. The topological polar surface area (TPSA) is 90.1 Å². The van der Waals surface area contributed by atoms with E-state index < -0.39 is 11.5 Å². The molecule has 4 rings (SSSR count). The van der Waals surface area contributed by atoms with Crippen molar-refractivity contribution < 1.29 is 15.1 Å². The molecule has 0 radical (unpaired) electrons. The zero-order chi connectivity index (χ0) is 22.7. The Bertz CT molecular complexity index is 1110. The van der Waals surface area contributed by atoms with Gasteiger partial charge in [-0.25, -0.2) is 10.00 Å². The quantitative estimate of drug-likeness (QED) is 0.301. The van der Waals surface area contributed by atoms with Crippen molar-refractivity contribution in [2.45, 2.75) is 44.8 Å². The normalized spacial score (nSPS) is 17.4. The fourth-order valence-electron chi connectivity index (χ4n) is 4.55. The molecule has 1 fully saturated rings. The van der Waals surface area contributed by atoms with Crippen molar-refractivity contribution in [1.29, 1.82) is 0 Å². The molecule has 168 valence electrons. The van der Waals surface area contributed by atoms with Crippen LogP contribution in [0.5, 0.6) is 0 Å². The van der Waals surface area contributed by atoms with Crippen LogP contribution in [0.4, 0.5) is 0 Å². The molecule has 1 aromatic carbocycles. The number of benzene rings is 1. The first-order valence-electron chi connectivity index (χ1n) is 11.0. The maximum atomic E-state index is 11.2. The summed E-state index contributed by atoms with van der Waals surface area (Å²) in [7, 11) is 0. The molecule has 0 saturated carbocycles. The van der Waals surface area contributed by atoms with Crippen LogP contribution in [0.15, 0.2) is 54.7 Å². The van der Waals surface area contributed by atoms with Gasteiger partial charge in [0.2, 0.25) is 0 Å². The second-order valence-corrected chi connectivity index (χ2v) is 8.84. The van der Waals surface area contributed by atoms with Gasteiger partial charge in [0.25, 0.3) is 5.91 Å². The number of pyridine rings is 1. The summed E-state index contributed by atoms with van der Waals surface area (Å²) in [6, 6.07) is 14.6. The zero-order valence-electron chi connectivity index (χ0n) is 18.5. The SMILES string of the molecule is CC(C)(O)c1nn2ccccc2c1CCN1CCC[C@H]1c1ccc(/C=C/C(=O)NO)cc1. The minimum atomic E-state index is -0.998. The van der Waals surface area contributed by atoms with Crippen molar-refractivity contribution in [2.24, 2.45) is 0 Å². The minimum Gasteiger partial charge on any atom is -0.384 e. The van der Waals surface area contributed by atoms with Crippen molar-refractivity contribution >= 4 is 17.5 Å². The molecule has 1 atom stereocenters. The summed E-state index contributed by atoms with van der Waals surface area (Å²) in [5.41, 5.74) is 5.65. The molecule has 0 spiro atoms.